The summed E-state index contributed by atoms with van der Waals surface area (Å²) in [6, 6.07) is -0.102. The summed E-state index contributed by atoms with van der Waals surface area (Å²) >= 11 is 0. The van der Waals surface area contributed by atoms with Gasteiger partial charge in [0.05, 0.1) is 18.6 Å². The van der Waals surface area contributed by atoms with Crippen molar-refractivity contribution < 1.29 is 21.0 Å². The molecule has 0 aromatic heterocycles. The van der Waals surface area contributed by atoms with Crippen molar-refractivity contribution in [2.24, 2.45) is 0 Å². The Morgan fingerprint density at radius 3 is 1.88 bits per heavy atom. The minimum atomic E-state index is -3.42. The van der Waals surface area contributed by atoms with Crippen LogP contribution in [0.15, 0.2) is 0 Å². The fourth-order valence-corrected chi connectivity index (χ4v) is 3.35. The third-order valence-corrected chi connectivity index (χ3v) is 3.75. The predicted molar refractivity (Wildman–Crippen MR) is 60.0 cm³/mol. The van der Waals surface area contributed by atoms with E-state index >= 15 is 0 Å². The maximum absolute atomic E-state index is 11.0. The van der Waals surface area contributed by atoms with Gasteiger partial charge in [-0.25, -0.2) is 13.1 Å². The number of nitrogens with one attached hydrogen (secondary N) is 1. The highest BCUT2D eigenvalue weighted by Gasteiger charge is 2.25. The molecule has 1 aliphatic carbocycles. The Morgan fingerprint density at radius 1 is 1.00 bits per heavy atom. The number of rotatable bonds is 4. The molecule has 1 saturated carbocycles. The SMILES string of the molecule is CS(=O)(=O)NC1CCC(OS(C)(=O)=O)CC1. The van der Waals surface area contributed by atoms with Crippen molar-refractivity contribution in [3.63, 3.8) is 0 Å². The summed E-state index contributed by atoms with van der Waals surface area (Å²) in [4.78, 5) is 0. The molecule has 0 amide bonds. The molecular weight excluding hydrogens is 254 g/mol. The molecule has 1 N–H and O–H groups in total. The molecule has 0 atom stereocenters. The summed E-state index contributed by atoms with van der Waals surface area (Å²) in [5.41, 5.74) is 0. The zero-order chi connectivity index (χ0) is 12.4. The van der Waals surface area contributed by atoms with Gasteiger partial charge in [0.1, 0.15) is 0 Å². The third-order valence-electron chi connectivity index (χ3n) is 2.37. The zero-order valence-corrected chi connectivity index (χ0v) is 11.0. The molecule has 0 spiro atoms. The van der Waals surface area contributed by atoms with Gasteiger partial charge in [0.15, 0.2) is 0 Å². The van der Waals surface area contributed by atoms with Crippen LogP contribution in [0.3, 0.4) is 0 Å². The lowest BCUT2D eigenvalue weighted by molar-refractivity contribution is 0.152. The second kappa shape index (κ2) is 4.99. The zero-order valence-electron chi connectivity index (χ0n) is 9.34. The van der Waals surface area contributed by atoms with Crippen molar-refractivity contribution in [3.8, 4) is 0 Å². The van der Waals surface area contributed by atoms with E-state index in [9.17, 15) is 16.8 Å². The molecule has 0 aromatic rings. The Morgan fingerprint density at radius 2 is 1.50 bits per heavy atom. The summed E-state index contributed by atoms with van der Waals surface area (Å²) < 4.78 is 51.1. The molecule has 96 valence electrons. The fourth-order valence-electron chi connectivity index (χ4n) is 1.83. The lowest BCUT2D eigenvalue weighted by atomic mass is 9.94. The molecule has 6 nitrogen and oxygen atoms in total. The highest BCUT2D eigenvalue weighted by Crippen LogP contribution is 2.22. The van der Waals surface area contributed by atoms with E-state index in [0.717, 1.165) is 12.5 Å². The highest BCUT2D eigenvalue weighted by molar-refractivity contribution is 7.88. The predicted octanol–water partition coefficient (Wildman–Crippen LogP) is -0.177. The fraction of sp³-hybridized carbons (Fsp3) is 1.00. The Kier molecular flexibility index (Phi) is 4.33. The van der Waals surface area contributed by atoms with Crippen molar-refractivity contribution in [2.75, 3.05) is 12.5 Å². The second-order valence-electron chi connectivity index (χ2n) is 4.16. The van der Waals surface area contributed by atoms with Crippen LogP contribution < -0.4 is 4.72 Å². The first-order chi connectivity index (χ1) is 7.16. The van der Waals surface area contributed by atoms with Crippen LogP contribution in [0.2, 0.25) is 0 Å². The van der Waals surface area contributed by atoms with Crippen LogP contribution in [0.1, 0.15) is 25.7 Å². The number of hydrogen-bond donors (Lipinski definition) is 1. The van der Waals surface area contributed by atoms with Crippen molar-refractivity contribution in [2.45, 2.75) is 37.8 Å². The topological polar surface area (TPSA) is 89.5 Å². The molecule has 0 heterocycles. The molecule has 1 fully saturated rings. The molecule has 16 heavy (non-hydrogen) atoms. The van der Waals surface area contributed by atoms with Gasteiger partial charge in [-0.2, -0.15) is 8.42 Å². The van der Waals surface area contributed by atoms with E-state index in [1.807, 2.05) is 0 Å². The molecule has 0 bridgehead atoms. The van der Waals surface area contributed by atoms with Gasteiger partial charge in [-0.15, -0.1) is 0 Å². The minimum Gasteiger partial charge on any atom is -0.267 e. The molecule has 8 heteroatoms. The van der Waals surface area contributed by atoms with Crippen molar-refractivity contribution in [1.82, 2.24) is 4.72 Å². The van der Waals surface area contributed by atoms with Crippen molar-refractivity contribution in [3.05, 3.63) is 0 Å². The molecule has 0 unspecified atom stereocenters. The first kappa shape index (κ1) is 13.9. The molecule has 0 saturated heterocycles. The monoisotopic (exact) mass is 271 g/mol. The molecule has 0 aliphatic heterocycles. The van der Waals surface area contributed by atoms with Crippen LogP contribution in [0, 0.1) is 0 Å². The first-order valence-electron chi connectivity index (χ1n) is 5.01. The van der Waals surface area contributed by atoms with Gasteiger partial charge in [0.25, 0.3) is 10.1 Å². The van der Waals surface area contributed by atoms with Gasteiger partial charge in [0, 0.05) is 6.04 Å². The van der Waals surface area contributed by atoms with Crippen LogP contribution in [0.25, 0.3) is 0 Å². The quantitative estimate of drug-likeness (QED) is 0.717. The first-order valence-corrected chi connectivity index (χ1v) is 8.72. The normalized spacial score (nSPS) is 27.9. The van der Waals surface area contributed by atoms with E-state index in [1.165, 1.54) is 0 Å². The summed E-state index contributed by atoms with van der Waals surface area (Å²) in [5.74, 6) is 0. The van der Waals surface area contributed by atoms with E-state index in [0.29, 0.717) is 25.7 Å². The maximum Gasteiger partial charge on any atom is 0.264 e. The molecule has 1 rings (SSSR count). The van der Waals surface area contributed by atoms with E-state index in [1.54, 1.807) is 0 Å². The smallest absolute Gasteiger partial charge is 0.264 e. The lowest BCUT2D eigenvalue weighted by Crippen LogP contribution is -2.38. The van der Waals surface area contributed by atoms with Crippen LogP contribution >= 0.6 is 0 Å². The maximum atomic E-state index is 11.0. The Balaban J connectivity index is 2.40. The van der Waals surface area contributed by atoms with Gasteiger partial charge in [-0.1, -0.05) is 0 Å². The van der Waals surface area contributed by atoms with Gasteiger partial charge in [-0.05, 0) is 25.7 Å². The van der Waals surface area contributed by atoms with Gasteiger partial charge >= 0.3 is 0 Å². The average molecular weight is 271 g/mol. The lowest BCUT2D eigenvalue weighted by Gasteiger charge is -2.27. The largest absolute Gasteiger partial charge is 0.267 e. The van der Waals surface area contributed by atoms with Crippen LogP contribution in [-0.4, -0.2) is 41.5 Å². The van der Waals surface area contributed by atoms with Crippen LogP contribution in [0.4, 0.5) is 0 Å². The summed E-state index contributed by atoms with van der Waals surface area (Å²) in [7, 11) is -6.60. The van der Waals surface area contributed by atoms with Crippen LogP contribution in [0.5, 0.6) is 0 Å². The molecule has 0 aromatic carbocycles. The van der Waals surface area contributed by atoms with Gasteiger partial charge in [-0.3, -0.25) is 4.18 Å². The summed E-state index contributed by atoms with van der Waals surface area (Å²) in [5, 5.41) is 0. The van der Waals surface area contributed by atoms with E-state index in [-0.39, 0.29) is 12.1 Å². The van der Waals surface area contributed by atoms with Crippen LogP contribution in [-0.2, 0) is 24.3 Å². The Labute approximate surface area is 96.5 Å². The van der Waals surface area contributed by atoms with E-state index < -0.39 is 20.1 Å². The molecule has 1 aliphatic rings. The van der Waals surface area contributed by atoms with Gasteiger partial charge < -0.3 is 0 Å². The Bertz CT molecular complexity index is 377. The van der Waals surface area contributed by atoms with Crippen molar-refractivity contribution >= 4 is 20.1 Å². The average Bonchev–Trinajstić information content (AvgIpc) is 2.03. The second-order valence-corrected chi connectivity index (χ2v) is 7.54. The Hall–Kier alpha value is -0.180. The molecule has 0 radical (unpaired) electrons. The third kappa shape index (κ3) is 5.78. The highest BCUT2D eigenvalue weighted by atomic mass is 32.2. The minimum absolute atomic E-state index is 0.102. The van der Waals surface area contributed by atoms with Crippen molar-refractivity contribution in [1.29, 1.82) is 0 Å². The molecular formula is C8H17NO5S2. The number of sulfonamides is 1. The number of hydrogen-bond acceptors (Lipinski definition) is 5. The van der Waals surface area contributed by atoms with Gasteiger partial charge in [0.2, 0.25) is 10.0 Å². The van der Waals surface area contributed by atoms with E-state index in [4.69, 9.17) is 4.18 Å². The standard InChI is InChI=1S/C8H17NO5S2/c1-15(10,11)9-7-3-5-8(6-4-7)14-16(2,12)13/h7-9H,3-6H2,1-2H3. The summed E-state index contributed by atoms with van der Waals surface area (Å²) in [6.07, 6.45) is 4.15. The van der Waals surface area contributed by atoms with E-state index in [2.05, 4.69) is 4.72 Å². The summed E-state index contributed by atoms with van der Waals surface area (Å²) in [6.45, 7) is 0.